The first-order chi connectivity index (χ1) is 11.3. The minimum absolute atomic E-state index is 0.290. The molecule has 0 aliphatic rings. The Hall–Kier alpha value is -2.76. The molecule has 3 nitrogen and oxygen atoms in total. The van der Waals surface area contributed by atoms with E-state index in [1.807, 2.05) is 0 Å². The molecule has 24 heavy (non-hydrogen) atoms. The molecular formula is C18H15F3O3. The van der Waals surface area contributed by atoms with E-state index in [9.17, 15) is 18.0 Å². The summed E-state index contributed by atoms with van der Waals surface area (Å²) in [5.74, 6) is 0.528. The van der Waals surface area contributed by atoms with E-state index in [0.717, 1.165) is 12.1 Å². The Balaban J connectivity index is 2.22. The molecule has 2 aromatic carbocycles. The Morgan fingerprint density at radius 1 is 1.00 bits per heavy atom. The second kappa shape index (κ2) is 7.21. The highest BCUT2D eigenvalue weighted by Crippen LogP contribution is 2.30. The molecule has 0 N–H and O–H groups in total. The van der Waals surface area contributed by atoms with E-state index in [2.05, 4.69) is 0 Å². The molecule has 0 heterocycles. The Bertz CT molecular complexity index is 764. The molecule has 2 aromatic rings. The fourth-order valence-corrected chi connectivity index (χ4v) is 2.08. The first-order valence-electron chi connectivity index (χ1n) is 6.97. The van der Waals surface area contributed by atoms with Crippen molar-refractivity contribution in [3.8, 4) is 11.5 Å². The lowest BCUT2D eigenvalue weighted by Crippen LogP contribution is -2.04. The van der Waals surface area contributed by atoms with Crippen LogP contribution < -0.4 is 9.47 Å². The van der Waals surface area contributed by atoms with Crippen LogP contribution in [-0.2, 0) is 6.18 Å². The zero-order valence-corrected chi connectivity index (χ0v) is 13.1. The van der Waals surface area contributed by atoms with Gasteiger partial charge >= 0.3 is 6.18 Å². The zero-order valence-electron chi connectivity index (χ0n) is 13.1. The number of carbonyl (C=O) groups excluding carboxylic acids is 1. The van der Waals surface area contributed by atoms with Gasteiger partial charge in [-0.1, -0.05) is 18.2 Å². The summed E-state index contributed by atoms with van der Waals surface area (Å²) in [6.45, 7) is 0. The number of allylic oxidation sites excluding steroid dienone is 1. The lowest BCUT2D eigenvalue weighted by atomic mass is 10.1. The number of hydrogen-bond donors (Lipinski definition) is 0. The van der Waals surface area contributed by atoms with Crippen molar-refractivity contribution in [1.82, 2.24) is 0 Å². The van der Waals surface area contributed by atoms with Gasteiger partial charge in [0.15, 0.2) is 17.3 Å². The van der Waals surface area contributed by atoms with E-state index < -0.39 is 11.7 Å². The number of ketones is 1. The first-order valence-corrected chi connectivity index (χ1v) is 6.97. The number of ether oxygens (including phenoxy) is 2. The van der Waals surface area contributed by atoms with Gasteiger partial charge in [0.25, 0.3) is 0 Å². The maximum absolute atomic E-state index is 12.7. The van der Waals surface area contributed by atoms with Gasteiger partial charge in [0.1, 0.15) is 0 Å². The van der Waals surface area contributed by atoms with Crippen LogP contribution in [0.15, 0.2) is 48.5 Å². The molecular weight excluding hydrogens is 321 g/mol. The minimum atomic E-state index is -4.42. The predicted molar refractivity (Wildman–Crippen MR) is 84.4 cm³/mol. The molecule has 0 aliphatic carbocycles. The SMILES string of the molecule is COc1ccc(C(=O)/C=C/c2cccc(C(F)(F)F)c2)cc1OC. The summed E-state index contributed by atoms with van der Waals surface area (Å²) in [6, 6.07) is 9.41. The average molecular weight is 336 g/mol. The average Bonchev–Trinajstić information content (AvgIpc) is 2.58. The lowest BCUT2D eigenvalue weighted by Gasteiger charge is -2.08. The number of benzene rings is 2. The quantitative estimate of drug-likeness (QED) is 0.590. The van der Waals surface area contributed by atoms with Crippen molar-refractivity contribution in [2.24, 2.45) is 0 Å². The highest BCUT2D eigenvalue weighted by Gasteiger charge is 2.30. The van der Waals surface area contributed by atoms with Crippen LogP contribution in [0.4, 0.5) is 13.2 Å². The third kappa shape index (κ3) is 4.16. The van der Waals surface area contributed by atoms with E-state index in [1.54, 1.807) is 12.1 Å². The fraction of sp³-hybridized carbons (Fsp3) is 0.167. The Morgan fingerprint density at radius 3 is 2.33 bits per heavy atom. The van der Waals surface area contributed by atoms with Crippen LogP contribution in [0.3, 0.4) is 0 Å². The zero-order chi connectivity index (χ0) is 17.7. The second-order valence-corrected chi connectivity index (χ2v) is 4.89. The number of carbonyl (C=O) groups is 1. The van der Waals surface area contributed by atoms with Crippen molar-refractivity contribution in [3.63, 3.8) is 0 Å². The summed E-state index contributed by atoms with van der Waals surface area (Å²) in [4.78, 5) is 12.2. The van der Waals surface area contributed by atoms with Crippen LogP contribution in [0.2, 0.25) is 0 Å². The van der Waals surface area contributed by atoms with Crippen LogP contribution in [-0.4, -0.2) is 20.0 Å². The van der Waals surface area contributed by atoms with Crippen LogP contribution in [0.25, 0.3) is 6.08 Å². The summed E-state index contributed by atoms with van der Waals surface area (Å²) in [5.41, 5.74) is -0.127. The van der Waals surface area contributed by atoms with Crippen LogP contribution in [0.1, 0.15) is 21.5 Å². The van der Waals surface area contributed by atoms with Gasteiger partial charge in [-0.2, -0.15) is 13.2 Å². The van der Waals surface area contributed by atoms with Gasteiger partial charge in [-0.05, 0) is 42.0 Å². The number of alkyl halides is 3. The molecule has 2 rings (SSSR count). The molecule has 126 valence electrons. The lowest BCUT2D eigenvalue weighted by molar-refractivity contribution is -0.137. The largest absolute Gasteiger partial charge is 0.493 e. The second-order valence-electron chi connectivity index (χ2n) is 4.89. The van der Waals surface area contributed by atoms with E-state index in [0.29, 0.717) is 22.6 Å². The van der Waals surface area contributed by atoms with Crippen molar-refractivity contribution < 1.29 is 27.4 Å². The fourth-order valence-electron chi connectivity index (χ4n) is 2.08. The normalized spacial score (nSPS) is 11.5. The number of hydrogen-bond acceptors (Lipinski definition) is 3. The third-order valence-corrected chi connectivity index (χ3v) is 3.31. The summed E-state index contributed by atoms with van der Waals surface area (Å²) >= 11 is 0. The molecule has 0 radical (unpaired) electrons. The van der Waals surface area contributed by atoms with Crippen molar-refractivity contribution >= 4 is 11.9 Å². The number of methoxy groups -OCH3 is 2. The Kier molecular flexibility index (Phi) is 5.28. The standard InChI is InChI=1S/C18H15F3O3/c1-23-16-9-7-13(11-17(16)24-2)15(22)8-6-12-4-3-5-14(10-12)18(19,20)21/h3-11H,1-2H3/b8-6+. The topological polar surface area (TPSA) is 35.5 Å². The Morgan fingerprint density at radius 2 is 1.71 bits per heavy atom. The van der Waals surface area contributed by atoms with Crippen molar-refractivity contribution in [2.45, 2.75) is 6.18 Å². The summed E-state index contributed by atoms with van der Waals surface area (Å²) in [6.07, 6.45) is -1.86. The van der Waals surface area contributed by atoms with E-state index >= 15 is 0 Å². The highest BCUT2D eigenvalue weighted by atomic mass is 19.4. The van der Waals surface area contributed by atoms with E-state index in [1.165, 1.54) is 44.6 Å². The maximum Gasteiger partial charge on any atom is 0.416 e. The predicted octanol–water partition coefficient (Wildman–Crippen LogP) is 4.62. The minimum Gasteiger partial charge on any atom is -0.493 e. The third-order valence-electron chi connectivity index (χ3n) is 3.31. The molecule has 0 spiro atoms. The molecule has 0 amide bonds. The highest BCUT2D eigenvalue weighted by molar-refractivity contribution is 6.07. The van der Waals surface area contributed by atoms with Crippen molar-refractivity contribution in [3.05, 3.63) is 65.2 Å². The van der Waals surface area contributed by atoms with Gasteiger partial charge in [0, 0.05) is 5.56 Å². The van der Waals surface area contributed by atoms with Gasteiger partial charge < -0.3 is 9.47 Å². The first kappa shape index (κ1) is 17.6. The summed E-state index contributed by atoms with van der Waals surface area (Å²) in [7, 11) is 2.93. The van der Waals surface area contributed by atoms with Gasteiger partial charge in [-0.15, -0.1) is 0 Å². The van der Waals surface area contributed by atoms with Gasteiger partial charge in [0.2, 0.25) is 0 Å². The van der Waals surface area contributed by atoms with E-state index in [4.69, 9.17) is 9.47 Å². The van der Waals surface area contributed by atoms with Gasteiger partial charge in [-0.3, -0.25) is 4.79 Å². The van der Waals surface area contributed by atoms with Crippen molar-refractivity contribution in [1.29, 1.82) is 0 Å². The molecule has 0 aliphatic heterocycles. The smallest absolute Gasteiger partial charge is 0.416 e. The molecule has 0 bridgehead atoms. The monoisotopic (exact) mass is 336 g/mol. The van der Waals surface area contributed by atoms with Crippen molar-refractivity contribution in [2.75, 3.05) is 14.2 Å². The maximum atomic E-state index is 12.7. The van der Waals surface area contributed by atoms with Crippen LogP contribution >= 0.6 is 0 Å². The Labute approximate surface area is 137 Å². The number of rotatable bonds is 5. The number of halogens is 3. The van der Waals surface area contributed by atoms with Crippen LogP contribution in [0, 0.1) is 0 Å². The van der Waals surface area contributed by atoms with Gasteiger partial charge in [-0.25, -0.2) is 0 Å². The summed E-state index contributed by atoms with van der Waals surface area (Å²) in [5, 5.41) is 0. The molecule has 0 saturated carbocycles. The van der Waals surface area contributed by atoms with Crippen LogP contribution in [0.5, 0.6) is 11.5 Å². The molecule has 6 heteroatoms. The van der Waals surface area contributed by atoms with Gasteiger partial charge in [0.05, 0.1) is 19.8 Å². The molecule has 0 fully saturated rings. The molecule has 0 unspecified atom stereocenters. The molecule has 0 saturated heterocycles. The molecule has 0 atom stereocenters. The summed E-state index contributed by atoms with van der Waals surface area (Å²) < 4.78 is 48.2. The van der Waals surface area contributed by atoms with E-state index in [-0.39, 0.29) is 5.78 Å². The molecule has 0 aromatic heterocycles.